The third kappa shape index (κ3) is 6.98. The third-order valence-corrected chi connectivity index (χ3v) is 7.87. The summed E-state index contributed by atoms with van der Waals surface area (Å²) in [6.07, 6.45) is -9.70. The molecule has 4 aromatic rings. The van der Waals surface area contributed by atoms with Crippen molar-refractivity contribution in [2.45, 2.75) is 43.7 Å². The molecule has 13 heteroatoms. The van der Waals surface area contributed by atoms with Crippen LogP contribution < -0.4 is 10.7 Å². The summed E-state index contributed by atoms with van der Waals surface area (Å²) < 4.78 is 87.2. The lowest BCUT2D eigenvalue weighted by atomic mass is 9.91. The van der Waals surface area contributed by atoms with Crippen LogP contribution in [0.5, 0.6) is 0 Å². The van der Waals surface area contributed by atoms with E-state index >= 15 is 0 Å². The summed E-state index contributed by atoms with van der Waals surface area (Å²) in [5.41, 5.74) is -3.36. The van der Waals surface area contributed by atoms with Gasteiger partial charge in [-0.1, -0.05) is 46.3 Å². The van der Waals surface area contributed by atoms with E-state index in [0.717, 1.165) is 11.6 Å². The largest absolute Gasteiger partial charge is 0.451 e. The van der Waals surface area contributed by atoms with Crippen molar-refractivity contribution in [1.29, 1.82) is 0 Å². The van der Waals surface area contributed by atoms with Gasteiger partial charge in [0.25, 0.3) is 11.8 Å². The van der Waals surface area contributed by atoms with E-state index in [-0.39, 0.29) is 48.6 Å². The number of benzene rings is 3. The molecule has 0 aliphatic carbocycles. The summed E-state index contributed by atoms with van der Waals surface area (Å²) in [4.78, 5) is 40.5. The Morgan fingerprint density at radius 1 is 0.909 bits per heavy atom. The van der Waals surface area contributed by atoms with Crippen LogP contribution in [0.15, 0.2) is 86.5 Å². The monoisotopic (exact) mass is 680 g/mol. The number of alkyl halides is 6. The number of nitrogens with one attached hydrogen (secondary N) is 1. The summed E-state index contributed by atoms with van der Waals surface area (Å²) in [5.74, 6) is -1.90. The second-order valence-corrected chi connectivity index (χ2v) is 11.4. The maximum Gasteiger partial charge on any atom is 0.416 e. The zero-order valence-electron chi connectivity index (χ0n) is 22.6. The first-order valence-electron chi connectivity index (χ1n) is 13.4. The van der Waals surface area contributed by atoms with Crippen molar-refractivity contribution in [2.24, 2.45) is 0 Å². The molecule has 0 unspecified atom stereocenters. The van der Waals surface area contributed by atoms with Crippen LogP contribution in [-0.2, 0) is 18.8 Å². The SMILES string of the molecule is O=C(N[C@H]1CCN(C(=O)c2cc(C(F)(F)F)cc(C(F)(F)F)c2)[C@H](Cc2ccccc2)C1)c1cc(=O)c2ccc(Br)cc2o1. The van der Waals surface area contributed by atoms with Gasteiger partial charge >= 0.3 is 12.4 Å². The first-order chi connectivity index (χ1) is 20.7. The van der Waals surface area contributed by atoms with E-state index in [0.29, 0.717) is 16.6 Å². The molecule has 5 rings (SSSR count). The van der Waals surface area contributed by atoms with E-state index in [1.807, 2.05) is 0 Å². The van der Waals surface area contributed by atoms with Gasteiger partial charge in [-0.15, -0.1) is 0 Å². The first kappa shape index (κ1) is 31.3. The number of hydrogen-bond acceptors (Lipinski definition) is 4. The zero-order chi connectivity index (χ0) is 31.8. The molecule has 2 heterocycles. The van der Waals surface area contributed by atoms with Gasteiger partial charge in [-0.2, -0.15) is 26.3 Å². The van der Waals surface area contributed by atoms with E-state index in [1.54, 1.807) is 48.5 Å². The lowest BCUT2D eigenvalue weighted by Gasteiger charge is -2.40. The van der Waals surface area contributed by atoms with Gasteiger partial charge in [0.1, 0.15) is 5.58 Å². The molecule has 0 saturated carbocycles. The molecular formula is C31H23BrF6N2O4. The molecule has 0 radical (unpaired) electrons. The van der Waals surface area contributed by atoms with Gasteiger partial charge in [-0.3, -0.25) is 14.4 Å². The lowest BCUT2D eigenvalue weighted by molar-refractivity contribution is -0.143. The van der Waals surface area contributed by atoms with E-state index in [2.05, 4.69) is 21.2 Å². The number of halogens is 7. The Hall–Kier alpha value is -4.13. The van der Waals surface area contributed by atoms with Crippen molar-refractivity contribution in [3.63, 3.8) is 0 Å². The van der Waals surface area contributed by atoms with Gasteiger partial charge in [0.2, 0.25) is 0 Å². The lowest BCUT2D eigenvalue weighted by Crippen LogP contribution is -2.52. The fourth-order valence-corrected chi connectivity index (χ4v) is 5.61. The number of hydrogen-bond donors (Lipinski definition) is 1. The minimum absolute atomic E-state index is 0.0240. The average Bonchev–Trinajstić information content (AvgIpc) is 2.96. The molecule has 2 atom stereocenters. The molecule has 1 aliphatic heterocycles. The molecule has 0 bridgehead atoms. The highest BCUT2D eigenvalue weighted by Gasteiger charge is 2.39. The van der Waals surface area contributed by atoms with Gasteiger partial charge in [-0.05, 0) is 61.2 Å². The Labute approximate surface area is 254 Å². The number of carbonyl (C=O) groups excluding carboxylic acids is 2. The molecule has 230 valence electrons. The number of likely N-dealkylation sites (tertiary alicyclic amines) is 1. The second-order valence-electron chi connectivity index (χ2n) is 10.4. The highest BCUT2D eigenvalue weighted by atomic mass is 79.9. The Morgan fingerprint density at radius 3 is 2.20 bits per heavy atom. The second kappa shape index (κ2) is 12.1. The average molecular weight is 681 g/mol. The quantitative estimate of drug-likeness (QED) is 0.226. The van der Waals surface area contributed by atoms with Gasteiger partial charge in [0.05, 0.1) is 16.5 Å². The predicted octanol–water partition coefficient (Wildman–Crippen LogP) is 7.24. The number of rotatable bonds is 5. The summed E-state index contributed by atoms with van der Waals surface area (Å²) in [5, 5.41) is 3.08. The van der Waals surface area contributed by atoms with Crippen molar-refractivity contribution >= 4 is 38.7 Å². The Kier molecular flexibility index (Phi) is 8.61. The summed E-state index contributed by atoms with van der Waals surface area (Å²) >= 11 is 3.29. The molecule has 3 aromatic carbocycles. The van der Waals surface area contributed by atoms with Crippen molar-refractivity contribution in [2.75, 3.05) is 6.54 Å². The number of piperidine rings is 1. The molecule has 2 amide bonds. The van der Waals surface area contributed by atoms with Crippen LogP contribution in [0.2, 0.25) is 0 Å². The van der Waals surface area contributed by atoms with Crippen LogP contribution in [0, 0.1) is 0 Å². The van der Waals surface area contributed by atoms with E-state index < -0.39 is 58.4 Å². The molecule has 1 saturated heterocycles. The number of carbonyl (C=O) groups is 2. The van der Waals surface area contributed by atoms with Crippen LogP contribution in [-0.4, -0.2) is 35.3 Å². The van der Waals surface area contributed by atoms with Crippen LogP contribution in [0.4, 0.5) is 26.3 Å². The topological polar surface area (TPSA) is 79.6 Å². The van der Waals surface area contributed by atoms with Crippen LogP contribution in [0.1, 0.15) is 50.4 Å². The van der Waals surface area contributed by atoms with E-state index in [9.17, 15) is 40.7 Å². The number of amides is 2. The van der Waals surface area contributed by atoms with Crippen molar-refractivity contribution in [3.8, 4) is 0 Å². The fraction of sp³-hybridized carbons (Fsp3) is 0.258. The van der Waals surface area contributed by atoms with Crippen molar-refractivity contribution in [1.82, 2.24) is 10.2 Å². The standard InChI is InChI=1S/C31H23BrF6N2O4/c32-21-6-7-24-25(41)16-27(44-26(24)14-21)28(42)39-22-8-9-40(23(15-22)10-17-4-2-1-3-5-17)29(43)18-11-19(30(33,34)35)13-20(12-18)31(36,37)38/h1-7,11-14,16,22-23H,8-10,15H2,(H,39,42)/t22-,23+/m0/s1. The van der Waals surface area contributed by atoms with Crippen LogP contribution in [0.25, 0.3) is 11.0 Å². The summed E-state index contributed by atoms with van der Waals surface area (Å²) in [7, 11) is 0. The van der Waals surface area contributed by atoms with E-state index in [4.69, 9.17) is 4.42 Å². The van der Waals surface area contributed by atoms with Crippen LogP contribution >= 0.6 is 15.9 Å². The van der Waals surface area contributed by atoms with Gasteiger partial charge in [-0.25, -0.2) is 0 Å². The van der Waals surface area contributed by atoms with Gasteiger partial charge in [0, 0.05) is 34.7 Å². The smallest absolute Gasteiger partial charge is 0.416 e. The summed E-state index contributed by atoms with van der Waals surface area (Å²) in [6, 6.07) is 14.2. The molecule has 1 fully saturated rings. The maximum absolute atomic E-state index is 13.5. The molecule has 1 aliphatic rings. The van der Waals surface area contributed by atoms with Crippen LogP contribution in [0.3, 0.4) is 0 Å². The summed E-state index contributed by atoms with van der Waals surface area (Å²) in [6.45, 7) is -0.0620. The highest BCUT2D eigenvalue weighted by Crippen LogP contribution is 2.37. The Bertz CT molecular complexity index is 1740. The highest BCUT2D eigenvalue weighted by molar-refractivity contribution is 9.10. The number of fused-ring (bicyclic) bond motifs is 1. The van der Waals surface area contributed by atoms with Crippen molar-refractivity contribution in [3.05, 3.63) is 116 Å². The van der Waals surface area contributed by atoms with Gasteiger partial charge in [0.15, 0.2) is 11.2 Å². The third-order valence-electron chi connectivity index (χ3n) is 7.38. The van der Waals surface area contributed by atoms with Gasteiger partial charge < -0.3 is 14.6 Å². The molecule has 1 aromatic heterocycles. The molecule has 1 N–H and O–H groups in total. The normalized spacial score (nSPS) is 17.5. The Morgan fingerprint density at radius 2 is 1.57 bits per heavy atom. The molecule has 44 heavy (non-hydrogen) atoms. The molecule has 6 nitrogen and oxygen atoms in total. The minimum atomic E-state index is -5.11. The maximum atomic E-state index is 13.5. The van der Waals surface area contributed by atoms with Crippen molar-refractivity contribution < 1.29 is 40.3 Å². The number of nitrogens with zero attached hydrogens (tertiary/aromatic N) is 1. The fourth-order valence-electron chi connectivity index (χ4n) is 5.27. The zero-order valence-corrected chi connectivity index (χ0v) is 24.2. The predicted molar refractivity (Wildman–Crippen MR) is 152 cm³/mol. The molecular weight excluding hydrogens is 658 g/mol. The molecule has 0 spiro atoms. The first-order valence-corrected chi connectivity index (χ1v) is 14.2. The Balaban J connectivity index is 1.42. The van der Waals surface area contributed by atoms with E-state index in [1.165, 1.54) is 4.90 Å². The minimum Gasteiger partial charge on any atom is -0.451 e.